The number of benzene rings is 2. The molecule has 0 saturated heterocycles. The molecule has 0 heteroatoms. The fraction of sp³-hybridized carbons (Fsp3) is 0.841. The van der Waals surface area contributed by atoms with Gasteiger partial charge >= 0.3 is 0 Å². The van der Waals surface area contributed by atoms with Crippen molar-refractivity contribution >= 4 is 11.1 Å². The summed E-state index contributed by atoms with van der Waals surface area (Å²) in [6.07, 6.45) is 97.9. The normalized spacial score (nSPS) is 12.2. The fourth-order valence-electron chi connectivity index (χ4n) is 15.1. The van der Waals surface area contributed by atoms with Gasteiger partial charge in [-0.15, -0.1) is 0 Å². The van der Waals surface area contributed by atoms with Gasteiger partial charge in [0, 0.05) is 0 Å². The lowest BCUT2D eigenvalue weighted by Crippen LogP contribution is -2.13. The molecule has 0 atom stereocenters. The van der Waals surface area contributed by atoms with E-state index in [4.69, 9.17) is 0 Å². The number of hydrogen-bond donors (Lipinski definition) is 0. The summed E-state index contributed by atoms with van der Waals surface area (Å²) in [7, 11) is 0. The standard InChI is InChI=1S/C88H160/c1-5-9-13-17-21-25-29-33-37-41-45-49-53-57-61-67-75-83(76-68-62-58-54-50-46-42-38-34-30-26-22-18-14-10-6-2)87(85-79-71-65-72-80-85)88(86-81-73-66-74-82-86)84(77-69-63-59-55-51-47-43-39-35-31-27-23-19-15-11-7-3)78-70-64-60-56-52-48-44-40-36-32-28-24-20-16-12-8-4/h65-66,71-74,79-84H,5-64,67-70,75-78H2,1-4H3/b88-87+. The van der Waals surface area contributed by atoms with Crippen molar-refractivity contribution in [1.29, 1.82) is 0 Å². The van der Waals surface area contributed by atoms with Gasteiger partial charge in [0.1, 0.15) is 0 Å². The Morgan fingerprint density at radius 3 is 0.432 bits per heavy atom. The summed E-state index contributed by atoms with van der Waals surface area (Å²) in [6, 6.07) is 24.2. The van der Waals surface area contributed by atoms with Gasteiger partial charge < -0.3 is 0 Å². The predicted molar refractivity (Wildman–Crippen MR) is 403 cm³/mol. The van der Waals surface area contributed by atoms with E-state index >= 15 is 0 Å². The Labute approximate surface area is 556 Å². The highest BCUT2D eigenvalue weighted by Crippen LogP contribution is 2.44. The molecule has 2 aromatic carbocycles. The van der Waals surface area contributed by atoms with Crippen LogP contribution >= 0.6 is 0 Å². The molecule has 2 aromatic rings. The van der Waals surface area contributed by atoms with Crippen LogP contribution in [0.5, 0.6) is 0 Å². The maximum Gasteiger partial charge on any atom is -0.0153 e. The molecule has 512 valence electrons. The highest BCUT2D eigenvalue weighted by Gasteiger charge is 2.26. The van der Waals surface area contributed by atoms with Crippen molar-refractivity contribution < 1.29 is 0 Å². The van der Waals surface area contributed by atoms with Gasteiger partial charge in [-0.3, -0.25) is 0 Å². The molecule has 0 unspecified atom stereocenters. The number of hydrogen-bond acceptors (Lipinski definition) is 0. The lowest BCUT2D eigenvalue weighted by atomic mass is 9.74. The van der Waals surface area contributed by atoms with Crippen LogP contribution in [-0.2, 0) is 0 Å². The molecular formula is C88H160. The summed E-state index contributed by atoms with van der Waals surface area (Å²) < 4.78 is 0. The minimum Gasteiger partial charge on any atom is -0.0654 e. The van der Waals surface area contributed by atoms with Gasteiger partial charge in [0.05, 0.1) is 0 Å². The smallest absolute Gasteiger partial charge is 0.0153 e. The van der Waals surface area contributed by atoms with Crippen LogP contribution in [-0.4, -0.2) is 0 Å². The van der Waals surface area contributed by atoms with Gasteiger partial charge in [0.2, 0.25) is 0 Å². The summed E-state index contributed by atoms with van der Waals surface area (Å²) in [5.74, 6) is 1.27. The average molecular weight is 1220 g/mol. The minimum absolute atomic E-state index is 0.634. The van der Waals surface area contributed by atoms with Crippen LogP contribution in [0.2, 0.25) is 0 Å². The third kappa shape index (κ3) is 51.7. The van der Waals surface area contributed by atoms with Crippen molar-refractivity contribution in [1.82, 2.24) is 0 Å². The summed E-state index contributed by atoms with van der Waals surface area (Å²) in [5, 5.41) is 0. The van der Waals surface area contributed by atoms with E-state index in [2.05, 4.69) is 88.4 Å². The van der Waals surface area contributed by atoms with Gasteiger partial charge in [-0.25, -0.2) is 0 Å². The molecule has 0 bridgehead atoms. The van der Waals surface area contributed by atoms with Gasteiger partial charge in [-0.1, -0.05) is 499 Å². The van der Waals surface area contributed by atoms with Crippen molar-refractivity contribution in [3.05, 3.63) is 71.8 Å². The zero-order chi connectivity index (χ0) is 62.6. The first kappa shape index (κ1) is 82.3. The Balaban J connectivity index is 2.21. The third-order valence-corrected chi connectivity index (χ3v) is 20.9. The molecule has 0 aliphatic carbocycles. The van der Waals surface area contributed by atoms with Crippen LogP contribution < -0.4 is 0 Å². The molecule has 0 aliphatic heterocycles. The van der Waals surface area contributed by atoms with Crippen molar-refractivity contribution in [2.45, 2.75) is 464 Å². The molecule has 0 fully saturated rings. The van der Waals surface area contributed by atoms with Crippen molar-refractivity contribution in [3.63, 3.8) is 0 Å². The number of allylic oxidation sites excluding steroid dienone is 2. The topological polar surface area (TPSA) is 0 Å². The minimum atomic E-state index is 0.634. The van der Waals surface area contributed by atoms with E-state index < -0.39 is 0 Å². The molecule has 0 saturated carbocycles. The Kier molecular flexibility index (Phi) is 63.6. The van der Waals surface area contributed by atoms with E-state index in [0.717, 1.165) is 0 Å². The van der Waals surface area contributed by atoms with Crippen LogP contribution in [0, 0.1) is 11.8 Å². The van der Waals surface area contributed by atoms with Crippen molar-refractivity contribution in [2.24, 2.45) is 11.8 Å². The van der Waals surface area contributed by atoms with Crippen LogP contribution in [0.25, 0.3) is 11.1 Å². The lowest BCUT2D eigenvalue weighted by molar-refractivity contribution is 0.458. The SMILES string of the molecule is CCCCCCCCCCCCCCCCCCC(CCCCCCCCCCCCCCCCCC)/C(=C(\c1ccccc1)C(CCCCCCCCCCCCCCCCCC)CCCCCCCCCCCCCCCCCC)c1ccccc1. The second-order valence-corrected chi connectivity index (χ2v) is 29.3. The molecule has 0 amide bonds. The summed E-state index contributed by atoms with van der Waals surface area (Å²) in [5.41, 5.74) is 6.63. The lowest BCUT2D eigenvalue weighted by Gasteiger charge is -2.30. The zero-order valence-electron chi connectivity index (χ0n) is 61.0. The molecule has 0 heterocycles. The molecule has 0 nitrogen and oxygen atoms in total. The molecule has 2 rings (SSSR count). The largest absolute Gasteiger partial charge is 0.0654 e. The van der Waals surface area contributed by atoms with E-state index in [1.165, 1.54) is 437 Å². The van der Waals surface area contributed by atoms with Crippen LogP contribution in [0.3, 0.4) is 0 Å². The van der Waals surface area contributed by atoms with Crippen LogP contribution in [0.1, 0.15) is 475 Å². The van der Waals surface area contributed by atoms with Gasteiger partial charge in [-0.2, -0.15) is 0 Å². The summed E-state index contributed by atoms with van der Waals surface area (Å²) >= 11 is 0. The first-order valence-electron chi connectivity index (χ1n) is 41.6. The van der Waals surface area contributed by atoms with Gasteiger partial charge in [0.15, 0.2) is 0 Å². The van der Waals surface area contributed by atoms with Crippen LogP contribution in [0.15, 0.2) is 60.7 Å². The zero-order valence-corrected chi connectivity index (χ0v) is 61.0. The van der Waals surface area contributed by atoms with E-state index in [1.807, 2.05) is 0 Å². The first-order chi connectivity index (χ1) is 43.8. The van der Waals surface area contributed by atoms with Crippen molar-refractivity contribution in [3.8, 4) is 0 Å². The fourth-order valence-corrected chi connectivity index (χ4v) is 15.1. The van der Waals surface area contributed by atoms with Gasteiger partial charge in [-0.05, 0) is 59.8 Å². The molecule has 0 aromatic heterocycles. The highest BCUT2D eigenvalue weighted by atomic mass is 14.3. The highest BCUT2D eigenvalue weighted by molar-refractivity contribution is 5.92. The van der Waals surface area contributed by atoms with E-state index in [1.54, 1.807) is 22.3 Å². The third-order valence-electron chi connectivity index (χ3n) is 20.9. The van der Waals surface area contributed by atoms with Gasteiger partial charge in [0.25, 0.3) is 0 Å². The van der Waals surface area contributed by atoms with E-state index in [-0.39, 0.29) is 0 Å². The molecule has 0 spiro atoms. The van der Waals surface area contributed by atoms with E-state index in [0.29, 0.717) is 11.8 Å². The maximum atomic E-state index is 2.53. The molecule has 0 radical (unpaired) electrons. The summed E-state index contributed by atoms with van der Waals surface area (Å²) in [6.45, 7) is 9.33. The Hall–Kier alpha value is -1.82. The molecule has 0 aliphatic rings. The van der Waals surface area contributed by atoms with E-state index in [9.17, 15) is 0 Å². The predicted octanol–water partition coefficient (Wildman–Crippen LogP) is 32.4. The second kappa shape index (κ2) is 68.1. The molecule has 88 heavy (non-hydrogen) atoms. The first-order valence-corrected chi connectivity index (χ1v) is 41.6. The molecular weight excluding hydrogens is 1060 g/mol. The quantitative estimate of drug-likeness (QED) is 0.0457. The number of unbranched alkanes of at least 4 members (excludes halogenated alkanes) is 60. The van der Waals surface area contributed by atoms with Crippen molar-refractivity contribution in [2.75, 3.05) is 0 Å². The average Bonchev–Trinajstić information content (AvgIpc) is 2.11. The molecule has 0 N–H and O–H groups in total. The monoisotopic (exact) mass is 1220 g/mol. The summed E-state index contributed by atoms with van der Waals surface area (Å²) in [4.78, 5) is 0. The van der Waals surface area contributed by atoms with Crippen LogP contribution in [0.4, 0.5) is 0 Å². The maximum absolute atomic E-state index is 2.53. The Bertz CT molecular complexity index is 1440. The Morgan fingerprint density at radius 1 is 0.170 bits per heavy atom. The second-order valence-electron chi connectivity index (χ2n) is 29.3. The Morgan fingerprint density at radius 2 is 0.295 bits per heavy atom. The number of rotatable bonds is 72.